The maximum absolute atomic E-state index is 12.7. The molecular formula is C10H9BrF3NO. The zero-order chi connectivity index (χ0) is 12.3. The van der Waals surface area contributed by atoms with E-state index in [9.17, 15) is 18.0 Å². The molecule has 1 aromatic rings. The van der Waals surface area contributed by atoms with Gasteiger partial charge in [0.2, 0.25) is 0 Å². The van der Waals surface area contributed by atoms with Crippen LogP contribution in [0.3, 0.4) is 0 Å². The summed E-state index contributed by atoms with van der Waals surface area (Å²) in [5.74, 6) is -1.08. The van der Waals surface area contributed by atoms with Gasteiger partial charge in [-0.1, -0.05) is 0 Å². The molecule has 0 saturated heterocycles. The molecule has 2 nitrogen and oxygen atoms in total. The molecule has 0 fully saturated rings. The monoisotopic (exact) mass is 295 g/mol. The second-order valence-electron chi connectivity index (χ2n) is 3.20. The van der Waals surface area contributed by atoms with Crippen molar-refractivity contribution in [2.24, 2.45) is 0 Å². The highest BCUT2D eigenvalue weighted by molar-refractivity contribution is 9.10. The van der Waals surface area contributed by atoms with E-state index in [2.05, 4.69) is 15.9 Å². The van der Waals surface area contributed by atoms with Gasteiger partial charge in [0, 0.05) is 11.5 Å². The molecule has 16 heavy (non-hydrogen) atoms. The lowest BCUT2D eigenvalue weighted by Gasteiger charge is -2.17. The standard InChI is InChI=1S/C10H9BrF3NO/c1-15(5-9(13)14)10(16)7-3-2-6(12)4-8(7)11/h2-4,9H,5H2,1H3. The zero-order valence-corrected chi connectivity index (χ0v) is 9.97. The highest BCUT2D eigenvalue weighted by atomic mass is 79.9. The first kappa shape index (κ1) is 13.0. The van der Waals surface area contributed by atoms with Crippen LogP contribution in [0.5, 0.6) is 0 Å². The van der Waals surface area contributed by atoms with Gasteiger partial charge in [0.15, 0.2) is 0 Å². The first-order valence-electron chi connectivity index (χ1n) is 4.40. The Labute approximate surface area is 99.2 Å². The van der Waals surface area contributed by atoms with Crippen LogP contribution in [0.2, 0.25) is 0 Å². The van der Waals surface area contributed by atoms with Crippen molar-refractivity contribution in [2.75, 3.05) is 13.6 Å². The van der Waals surface area contributed by atoms with E-state index in [0.717, 1.165) is 17.0 Å². The summed E-state index contributed by atoms with van der Waals surface area (Å²) in [5, 5.41) is 0. The molecule has 0 aromatic heterocycles. The van der Waals surface area contributed by atoms with E-state index in [0.29, 0.717) is 0 Å². The van der Waals surface area contributed by atoms with Crippen molar-refractivity contribution in [2.45, 2.75) is 6.43 Å². The van der Waals surface area contributed by atoms with Gasteiger partial charge >= 0.3 is 0 Å². The molecule has 0 bridgehead atoms. The minimum atomic E-state index is -2.59. The summed E-state index contributed by atoms with van der Waals surface area (Å²) in [6, 6.07) is 3.47. The van der Waals surface area contributed by atoms with Crippen molar-refractivity contribution in [3.05, 3.63) is 34.1 Å². The Morgan fingerprint density at radius 2 is 2.12 bits per heavy atom. The second-order valence-corrected chi connectivity index (χ2v) is 4.06. The number of hydrogen-bond donors (Lipinski definition) is 0. The van der Waals surface area contributed by atoms with Crippen LogP contribution in [0.1, 0.15) is 10.4 Å². The van der Waals surface area contributed by atoms with Crippen LogP contribution >= 0.6 is 15.9 Å². The lowest BCUT2D eigenvalue weighted by atomic mass is 10.2. The van der Waals surface area contributed by atoms with Crippen molar-refractivity contribution in [3.8, 4) is 0 Å². The number of carbonyl (C=O) groups is 1. The molecule has 0 N–H and O–H groups in total. The van der Waals surface area contributed by atoms with Crippen LogP contribution in [-0.2, 0) is 0 Å². The highest BCUT2D eigenvalue weighted by Crippen LogP contribution is 2.19. The third kappa shape index (κ3) is 3.23. The van der Waals surface area contributed by atoms with E-state index in [-0.39, 0.29) is 10.0 Å². The van der Waals surface area contributed by atoms with Gasteiger partial charge in [-0.2, -0.15) is 0 Å². The van der Waals surface area contributed by atoms with E-state index >= 15 is 0 Å². The Balaban J connectivity index is 2.88. The van der Waals surface area contributed by atoms with Crippen LogP contribution in [0, 0.1) is 5.82 Å². The number of hydrogen-bond acceptors (Lipinski definition) is 1. The summed E-state index contributed by atoms with van der Waals surface area (Å²) in [6.45, 7) is -0.650. The fraction of sp³-hybridized carbons (Fsp3) is 0.300. The Morgan fingerprint density at radius 1 is 1.50 bits per heavy atom. The molecule has 88 valence electrons. The maximum Gasteiger partial charge on any atom is 0.255 e. The molecule has 0 aliphatic rings. The van der Waals surface area contributed by atoms with Crippen LogP contribution < -0.4 is 0 Å². The Morgan fingerprint density at radius 3 is 2.62 bits per heavy atom. The number of amides is 1. The van der Waals surface area contributed by atoms with Crippen LogP contribution in [0.25, 0.3) is 0 Å². The molecule has 0 aliphatic carbocycles. The molecule has 0 aliphatic heterocycles. The van der Waals surface area contributed by atoms with E-state index in [1.54, 1.807) is 0 Å². The van der Waals surface area contributed by atoms with Gasteiger partial charge in [0.25, 0.3) is 12.3 Å². The number of nitrogens with zero attached hydrogens (tertiary/aromatic N) is 1. The molecular weight excluding hydrogens is 287 g/mol. The molecule has 1 amide bonds. The van der Waals surface area contributed by atoms with Gasteiger partial charge < -0.3 is 4.90 Å². The Hall–Kier alpha value is -1.04. The van der Waals surface area contributed by atoms with Crippen LogP contribution in [0.15, 0.2) is 22.7 Å². The molecule has 0 spiro atoms. The maximum atomic E-state index is 12.7. The molecule has 0 radical (unpaired) electrons. The molecule has 0 saturated carbocycles. The van der Waals surface area contributed by atoms with E-state index in [4.69, 9.17) is 0 Å². The van der Waals surface area contributed by atoms with E-state index in [1.165, 1.54) is 13.1 Å². The molecule has 1 rings (SSSR count). The lowest BCUT2D eigenvalue weighted by molar-refractivity contribution is 0.0619. The Kier molecular flexibility index (Phi) is 4.35. The van der Waals surface area contributed by atoms with Crippen LogP contribution in [0.4, 0.5) is 13.2 Å². The number of carbonyl (C=O) groups excluding carboxylic acids is 1. The lowest BCUT2D eigenvalue weighted by Crippen LogP contribution is -2.31. The number of rotatable bonds is 3. The van der Waals surface area contributed by atoms with Crippen molar-refractivity contribution >= 4 is 21.8 Å². The number of alkyl halides is 2. The normalized spacial score (nSPS) is 10.6. The number of halogens is 4. The van der Waals surface area contributed by atoms with Gasteiger partial charge in [0.05, 0.1) is 12.1 Å². The molecule has 6 heteroatoms. The first-order chi connectivity index (χ1) is 7.41. The summed E-state index contributed by atoms with van der Waals surface area (Å²) in [4.78, 5) is 12.5. The minimum Gasteiger partial charge on any atom is -0.336 e. The summed E-state index contributed by atoms with van der Waals surface area (Å²) in [5.41, 5.74) is 0.157. The van der Waals surface area contributed by atoms with Gasteiger partial charge in [-0.25, -0.2) is 13.2 Å². The van der Waals surface area contributed by atoms with Crippen molar-refractivity contribution in [1.82, 2.24) is 4.90 Å². The van der Waals surface area contributed by atoms with Crippen molar-refractivity contribution in [1.29, 1.82) is 0 Å². The third-order valence-corrected chi connectivity index (χ3v) is 2.58. The fourth-order valence-corrected chi connectivity index (χ4v) is 1.68. The zero-order valence-electron chi connectivity index (χ0n) is 8.38. The molecule has 0 heterocycles. The predicted molar refractivity (Wildman–Crippen MR) is 57.1 cm³/mol. The highest BCUT2D eigenvalue weighted by Gasteiger charge is 2.18. The van der Waals surface area contributed by atoms with E-state index < -0.39 is 24.7 Å². The first-order valence-corrected chi connectivity index (χ1v) is 5.19. The quantitative estimate of drug-likeness (QED) is 0.840. The average molecular weight is 296 g/mol. The van der Waals surface area contributed by atoms with Gasteiger partial charge in [0.1, 0.15) is 5.82 Å². The molecule has 0 atom stereocenters. The van der Waals surface area contributed by atoms with Gasteiger partial charge in [-0.15, -0.1) is 0 Å². The fourth-order valence-electron chi connectivity index (χ4n) is 1.16. The van der Waals surface area contributed by atoms with Crippen molar-refractivity contribution in [3.63, 3.8) is 0 Å². The predicted octanol–water partition coefficient (Wildman–Crippen LogP) is 2.93. The summed E-state index contributed by atoms with van der Waals surface area (Å²) < 4.78 is 37.1. The van der Waals surface area contributed by atoms with Gasteiger partial charge in [-0.05, 0) is 34.1 Å². The molecule has 1 aromatic carbocycles. The number of benzene rings is 1. The van der Waals surface area contributed by atoms with Crippen LogP contribution in [-0.4, -0.2) is 30.8 Å². The topological polar surface area (TPSA) is 20.3 Å². The molecule has 0 unspecified atom stereocenters. The minimum absolute atomic E-state index is 0.157. The SMILES string of the molecule is CN(CC(F)F)C(=O)c1ccc(F)cc1Br. The second kappa shape index (κ2) is 5.34. The summed E-state index contributed by atoms with van der Waals surface area (Å²) in [7, 11) is 1.27. The summed E-state index contributed by atoms with van der Waals surface area (Å²) >= 11 is 3.01. The van der Waals surface area contributed by atoms with E-state index in [1.807, 2.05) is 0 Å². The summed E-state index contributed by atoms with van der Waals surface area (Å²) in [6.07, 6.45) is -2.59. The smallest absolute Gasteiger partial charge is 0.255 e. The third-order valence-electron chi connectivity index (χ3n) is 1.92. The van der Waals surface area contributed by atoms with Crippen molar-refractivity contribution < 1.29 is 18.0 Å². The largest absolute Gasteiger partial charge is 0.336 e. The Bertz CT molecular complexity index is 398. The van der Waals surface area contributed by atoms with Gasteiger partial charge in [-0.3, -0.25) is 4.79 Å². The average Bonchev–Trinajstić information content (AvgIpc) is 2.15.